The third-order valence-corrected chi connectivity index (χ3v) is 8.74. The molecule has 9 nitrogen and oxygen atoms in total. The van der Waals surface area contributed by atoms with E-state index in [0.29, 0.717) is 69.8 Å². The lowest BCUT2D eigenvalue weighted by atomic mass is 9.94. The Kier molecular flexibility index (Phi) is 7.04. The van der Waals surface area contributed by atoms with Gasteiger partial charge in [0.2, 0.25) is 15.9 Å². The smallest absolute Gasteiger partial charge is 0.254 e. The zero-order valence-corrected chi connectivity index (χ0v) is 20.2. The van der Waals surface area contributed by atoms with Crippen LogP contribution in [0.2, 0.25) is 0 Å². The van der Waals surface area contributed by atoms with Crippen LogP contribution in [-0.2, 0) is 14.8 Å². The predicted octanol–water partition coefficient (Wildman–Crippen LogP) is 2.21. The van der Waals surface area contributed by atoms with Crippen molar-refractivity contribution >= 4 is 21.8 Å². The van der Waals surface area contributed by atoms with Crippen LogP contribution >= 0.6 is 0 Å². The largest absolute Gasteiger partial charge is 0.360 e. The Bertz CT molecular complexity index is 1150. The number of hydrogen-bond donors (Lipinski definition) is 0. The van der Waals surface area contributed by atoms with Gasteiger partial charge in [-0.3, -0.25) is 9.59 Å². The van der Waals surface area contributed by atoms with Crippen molar-refractivity contribution in [2.24, 2.45) is 5.92 Å². The second-order valence-electron chi connectivity index (χ2n) is 8.89. The molecule has 34 heavy (non-hydrogen) atoms. The minimum Gasteiger partial charge on any atom is -0.360 e. The Morgan fingerprint density at radius 2 is 1.71 bits per heavy atom. The average Bonchev–Trinajstić information content (AvgIpc) is 3.17. The third-order valence-electron chi connectivity index (χ3n) is 6.59. The molecule has 1 aromatic carbocycles. The van der Waals surface area contributed by atoms with E-state index in [0.717, 1.165) is 0 Å². The van der Waals surface area contributed by atoms with Crippen LogP contribution in [0.4, 0.5) is 4.39 Å². The fourth-order valence-corrected chi connectivity index (χ4v) is 6.43. The molecule has 0 aliphatic carbocycles. The highest BCUT2D eigenvalue weighted by molar-refractivity contribution is 7.89. The topological polar surface area (TPSA) is 104 Å². The molecule has 2 aromatic rings. The van der Waals surface area contributed by atoms with Crippen LogP contribution in [0, 0.1) is 25.6 Å². The molecule has 0 atom stereocenters. The minimum absolute atomic E-state index is 0.0184. The molecule has 2 aliphatic heterocycles. The van der Waals surface area contributed by atoms with E-state index in [2.05, 4.69) is 5.16 Å². The highest BCUT2D eigenvalue weighted by Crippen LogP contribution is 2.29. The van der Waals surface area contributed by atoms with Gasteiger partial charge in [-0.25, -0.2) is 12.8 Å². The number of piperazine rings is 1. The number of nitrogens with zero attached hydrogens (tertiary/aromatic N) is 4. The summed E-state index contributed by atoms with van der Waals surface area (Å²) in [4.78, 5) is 28.9. The Labute approximate surface area is 198 Å². The van der Waals surface area contributed by atoms with Crippen LogP contribution < -0.4 is 0 Å². The van der Waals surface area contributed by atoms with Gasteiger partial charge in [0.05, 0.1) is 0 Å². The summed E-state index contributed by atoms with van der Waals surface area (Å²) in [5, 5.41) is 3.75. The first kappa shape index (κ1) is 24.3. The third kappa shape index (κ3) is 5.00. The highest BCUT2D eigenvalue weighted by atomic mass is 32.2. The summed E-state index contributed by atoms with van der Waals surface area (Å²) >= 11 is 0. The minimum atomic E-state index is -3.67. The number of benzene rings is 1. The molecule has 2 saturated heterocycles. The van der Waals surface area contributed by atoms with E-state index in [4.69, 9.17) is 4.52 Å². The van der Waals surface area contributed by atoms with Crippen LogP contribution in [-0.4, -0.2) is 78.8 Å². The van der Waals surface area contributed by atoms with Crippen molar-refractivity contribution in [1.29, 1.82) is 0 Å². The highest BCUT2D eigenvalue weighted by Gasteiger charge is 2.35. The van der Waals surface area contributed by atoms with Crippen molar-refractivity contribution in [3.8, 4) is 0 Å². The second-order valence-corrected chi connectivity index (χ2v) is 10.8. The first-order valence-electron chi connectivity index (χ1n) is 11.4. The number of sulfonamides is 1. The molecule has 0 N–H and O–H groups in total. The standard InChI is InChI=1S/C23H29FN4O5S/c1-16-22(17(2)33-25-16)34(31,32)28-8-6-18(7-9-28)14-21(29)26-10-12-27(13-11-26)23(30)19-4-3-5-20(24)15-19/h3-5,15,18H,6-14H2,1-2H3. The number of hydrogen-bond acceptors (Lipinski definition) is 6. The molecule has 2 fully saturated rings. The number of carbonyl (C=O) groups excluding carboxylic acids is 2. The maximum absolute atomic E-state index is 13.4. The molecule has 0 unspecified atom stereocenters. The van der Waals surface area contributed by atoms with Gasteiger partial charge in [0.25, 0.3) is 5.91 Å². The van der Waals surface area contributed by atoms with Crippen molar-refractivity contribution in [3.05, 3.63) is 47.1 Å². The van der Waals surface area contributed by atoms with Gasteiger partial charge in [0, 0.05) is 51.3 Å². The number of halogens is 1. The van der Waals surface area contributed by atoms with Crippen LogP contribution in [0.3, 0.4) is 0 Å². The van der Waals surface area contributed by atoms with E-state index >= 15 is 0 Å². The van der Waals surface area contributed by atoms with Crippen molar-refractivity contribution in [2.75, 3.05) is 39.3 Å². The SMILES string of the molecule is Cc1noc(C)c1S(=O)(=O)N1CCC(CC(=O)N2CCN(C(=O)c3cccc(F)c3)CC2)CC1. The number of amides is 2. The van der Waals surface area contributed by atoms with E-state index in [1.165, 1.54) is 22.5 Å². The maximum atomic E-state index is 13.4. The summed E-state index contributed by atoms with van der Waals surface area (Å²) in [6.07, 6.45) is 1.57. The lowest BCUT2D eigenvalue weighted by Gasteiger charge is -2.36. The zero-order chi connectivity index (χ0) is 24.5. The van der Waals surface area contributed by atoms with Gasteiger partial charge in [-0.1, -0.05) is 11.2 Å². The average molecular weight is 493 g/mol. The first-order valence-corrected chi connectivity index (χ1v) is 12.9. The fraction of sp³-hybridized carbons (Fsp3) is 0.522. The maximum Gasteiger partial charge on any atom is 0.254 e. The van der Waals surface area contributed by atoms with Gasteiger partial charge in [-0.15, -0.1) is 0 Å². The fourth-order valence-electron chi connectivity index (χ4n) is 4.66. The van der Waals surface area contributed by atoms with Crippen LogP contribution in [0.25, 0.3) is 0 Å². The lowest BCUT2D eigenvalue weighted by Crippen LogP contribution is -2.51. The Balaban J connectivity index is 1.26. The van der Waals surface area contributed by atoms with Crippen molar-refractivity contribution in [1.82, 2.24) is 19.3 Å². The van der Waals surface area contributed by atoms with E-state index < -0.39 is 15.8 Å². The van der Waals surface area contributed by atoms with Gasteiger partial charge in [0.1, 0.15) is 16.4 Å². The number of piperidine rings is 1. The lowest BCUT2D eigenvalue weighted by molar-refractivity contribution is -0.134. The number of aromatic nitrogens is 1. The molecule has 11 heteroatoms. The Morgan fingerprint density at radius 1 is 1.06 bits per heavy atom. The molecule has 0 radical (unpaired) electrons. The zero-order valence-electron chi connectivity index (χ0n) is 19.4. The molecule has 0 bridgehead atoms. The Hall–Kier alpha value is -2.79. The molecule has 4 rings (SSSR count). The summed E-state index contributed by atoms with van der Waals surface area (Å²) in [5.74, 6) is -0.283. The molecule has 0 spiro atoms. The molecule has 2 amide bonds. The van der Waals surface area contributed by atoms with Crippen molar-refractivity contribution < 1.29 is 26.9 Å². The van der Waals surface area contributed by atoms with Gasteiger partial charge in [0.15, 0.2) is 5.76 Å². The van der Waals surface area contributed by atoms with Crippen molar-refractivity contribution in [3.63, 3.8) is 0 Å². The molecular weight excluding hydrogens is 463 g/mol. The van der Waals surface area contributed by atoms with E-state index in [1.807, 2.05) is 0 Å². The predicted molar refractivity (Wildman–Crippen MR) is 121 cm³/mol. The number of aryl methyl sites for hydroxylation is 2. The normalized spacial score (nSPS) is 18.3. The van der Waals surface area contributed by atoms with E-state index in [1.54, 1.807) is 29.7 Å². The quantitative estimate of drug-likeness (QED) is 0.634. The molecule has 1 aromatic heterocycles. The van der Waals surface area contributed by atoms with E-state index in [-0.39, 0.29) is 28.4 Å². The van der Waals surface area contributed by atoms with Gasteiger partial charge >= 0.3 is 0 Å². The van der Waals surface area contributed by atoms with Gasteiger partial charge in [-0.05, 0) is 50.8 Å². The van der Waals surface area contributed by atoms with Gasteiger partial charge in [-0.2, -0.15) is 4.31 Å². The molecule has 2 aliphatic rings. The molecule has 0 saturated carbocycles. The van der Waals surface area contributed by atoms with Crippen molar-refractivity contribution in [2.45, 2.75) is 38.0 Å². The van der Waals surface area contributed by atoms with Gasteiger partial charge < -0.3 is 14.3 Å². The summed E-state index contributed by atoms with van der Waals surface area (Å²) in [6, 6.07) is 5.61. The summed E-state index contributed by atoms with van der Waals surface area (Å²) in [6.45, 7) is 5.55. The summed E-state index contributed by atoms with van der Waals surface area (Å²) in [7, 11) is -3.67. The van der Waals surface area contributed by atoms with Crippen LogP contribution in [0.1, 0.15) is 41.1 Å². The molecular formula is C23H29FN4O5S. The molecule has 3 heterocycles. The Morgan fingerprint density at radius 3 is 2.29 bits per heavy atom. The second kappa shape index (κ2) is 9.83. The first-order chi connectivity index (χ1) is 16.2. The van der Waals surface area contributed by atoms with E-state index in [9.17, 15) is 22.4 Å². The summed E-state index contributed by atoms with van der Waals surface area (Å²) in [5.41, 5.74) is 0.655. The molecule has 184 valence electrons. The van der Waals surface area contributed by atoms with Crippen LogP contribution in [0.5, 0.6) is 0 Å². The summed E-state index contributed by atoms with van der Waals surface area (Å²) < 4.78 is 45.8. The van der Waals surface area contributed by atoms with Crippen LogP contribution in [0.15, 0.2) is 33.7 Å². The number of rotatable bonds is 5. The number of carbonyl (C=O) groups is 2. The monoisotopic (exact) mass is 492 g/mol.